The van der Waals surface area contributed by atoms with Crippen LogP contribution >= 0.6 is 0 Å². The summed E-state index contributed by atoms with van der Waals surface area (Å²) in [6.07, 6.45) is 25.7. The summed E-state index contributed by atoms with van der Waals surface area (Å²) in [4.78, 5) is 0. The molecule has 0 radical (unpaired) electrons. The molecule has 0 aliphatic rings. The molecule has 0 fully saturated rings. The first-order valence-corrected chi connectivity index (χ1v) is 14.2. The van der Waals surface area contributed by atoms with Crippen molar-refractivity contribution in [3.05, 3.63) is 0 Å². The second-order valence-corrected chi connectivity index (χ2v) is 10.5. The van der Waals surface area contributed by atoms with Crippen LogP contribution in [0.25, 0.3) is 0 Å². The lowest BCUT2D eigenvalue weighted by molar-refractivity contribution is 0.156. The minimum absolute atomic E-state index is 0.137. The van der Waals surface area contributed by atoms with Gasteiger partial charge in [0.25, 0.3) is 10.1 Å². The van der Waals surface area contributed by atoms with Crippen LogP contribution in [0, 0.1) is 0 Å². The molecule has 0 aromatic carbocycles. The highest BCUT2D eigenvalue weighted by molar-refractivity contribution is 7.85. The molecule has 0 aromatic heterocycles. The molecule has 1 unspecified atom stereocenters. The Hall–Kier alpha value is -0.130. The second kappa shape index (κ2) is 21.1. The van der Waals surface area contributed by atoms with Crippen molar-refractivity contribution in [2.75, 3.05) is 5.75 Å². The van der Waals surface area contributed by atoms with E-state index in [-0.39, 0.29) is 12.2 Å². The first-order valence-electron chi connectivity index (χ1n) is 12.6. The van der Waals surface area contributed by atoms with Crippen LogP contribution in [0.2, 0.25) is 0 Å². The molecule has 0 bridgehead atoms. The predicted molar refractivity (Wildman–Crippen MR) is 125 cm³/mol. The summed E-state index contributed by atoms with van der Waals surface area (Å²) in [5.74, 6) is -0.340. The molecule has 0 spiro atoms. The van der Waals surface area contributed by atoms with Crippen molar-refractivity contribution < 1.29 is 18.1 Å². The molecular formula is C24H50O4S. The predicted octanol–water partition coefficient (Wildman–Crippen LogP) is 7.45. The molecule has 0 aliphatic heterocycles. The van der Waals surface area contributed by atoms with E-state index in [9.17, 15) is 13.5 Å². The summed E-state index contributed by atoms with van der Waals surface area (Å²) in [6.45, 7) is 2.28. The normalized spacial score (nSPS) is 13.1. The van der Waals surface area contributed by atoms with Gasteiger partial charge in [0.2, 0.25) is 0 Å². The smallest absolute Gasteiger partial charge is 0.264 e. The van der Waals surface area contributed by atoms with E-state index in [4.69, 9.17) is 4.55 Å². The molecule has 1 atom stereocenters. The van der Waals surface area contributed by atoms with Crippen LogP contribution in [0.1, 0.15) is 142 Å². The highest BCUT2D eigenvalue weighted by Gasteiger charge is 2.10. The van der Waals surface area contributed by atoms with E-state index in [0.717, 1.165) is 12.8 Å². The van der Waals surface area contributed by atoms with E-state index in [2.05, 4.69) is 6.92 Å². The third kappa shape index (κ3) is 25.8. The highest BCUT2D eigenvalue weighted by atomic mass is 32.2. The molecule has 2 N–H and O–H groups in total. The molecule has 0 aliphatic carbocycles. The number of unbranched alkanes of at least 4 members (excludes halogenated alkanes) is 18. The highest BCUT2D eigenvalue weighted by Crippen LogP contribution is 2.15. The van der Waals surface area contributed by atoms with Crippen LogP contribution in [0.5, 0.6) is 0 Å². The number of hydrogen-bond donors (Lipinski definition) is 2. The summed E-state index contributed by atoms with van der Waals surface area (Å²) in [5.41, 5.74) is 0. The van der Waals surface area contributed by atoms with Crippen molar-refractivity contribution >= 4 is 10.1 Å². The topological polar surface area (TPSA) is 74.6 Å². The number of rotatable bonds is 23. The number of hydrogen-bond acceptors (Lipinski definition) is 3. The molecular weight excluding hydrogens is 384 g/mol. The zero-order valence-electron chi connectivity index (χ0n) is 19.3. The third-order valence-electron chi connectivity index (χ3n) is 5.85. The van der Waals surface area contributed by atoms with Gasteiger partial charge in [0, 0.05) is 0 Å². The third-order valence-corrected chi connectivity index (χ3v) is 6.60. The van der Waals surface area contributed by atoms with Gasteiger partial charge < -0.3 is 5.11 Å². The summed E-state index contributed by atoms with van der Waals surface area (Å²) < 4.78 is 29.9. The maximum atomic E-state index is 10.6. The SMILES string of the molecule is CCCCCCCCCCCCCCCCCCCCCC(O)CCS(=O)(=O)O. The van der Waals surface area contributed by atoms with Gasteiger partial charge in [0.15, 0.2) is 0 Å². The van der Waals surface area contributed by atoms with Crippen molar-refractivity contribution in [3.63, 3.8) is 0 Å². The van der Waals surface area contributed by atoms with Gasteiger partial charge >= 0.3 is 0 Å². The first-order chi connectivity index (χ1) is 14.0. The Bertz CT molecular complexity index is 423. The van der Waals surface area contributed by atoms with E-state index in [1.54, 1.807) is 0 Å². The van der Waals surface area contributed by atoms with Crippen molar-refractivity contribution in [1.82, 2.24) is 0 Å². The Morgan fingerprint density at radius 3 is 1.17 bits per heavy atom. The molecule has 0 saturated carbocycles. The molecule has 0 heterocycles. The van der Waals surface area contributed by atoms with E-state index in [1.165, 1.54) is 109 Å². The molecule has 29 heavy (non-hydrogen) atoms. The molecule has 0 aromatic rings. The van der Waals surface area contributed by atoms with Gasteiger partial charge in [-0.15, -0.1) is 0 Å². The van der Waals surface area contributed by atoms with Crippen molar-refractivity contribution in [1.29, 1.82) is 0 Å². The van der Waals surface area contributed by atoms with E-state index >= 15 is 0 Å². The van der Waals surface area contributed by atoms with Crippen LogP contribution in [0.3, 0.4) is 0 Å². The number of aliphatic hydroxyl groups excluding tert-OH is 1. The minimum atomic E-state index is -3.94. The van der Waals surface area contributed by atoms with Crippen LogP contribution < -0.4 is 0 Å². The standard InChI is InChI=1S/C24H50O4S/c1-2-3-4-5-6-7-8-9-10-11-12-13-14-15-16-17-18-19-20-21-24(25)22-23-29(26,27)28/h24-25H,2-23H2,1H3,(H,26,27,28). The lowest BCUT2D eigenvalue weighted by atomic mass is 10.0. The molecule has 0 amide bonds. The summed E-state index contributed by atoms with van der Waals surface area (Å²) in [6, 6.07) is 0. The Morgan fingerprint density at radius 1 is 0.552 bits per heavy atom. The summed E-state index contributed by atoms with van der Waals surface area (Å²) in [7, 11) is -3.94. The summed E-state index contributed by atoms with van der Waals surface area (Å²) >= 11 is 0. The molecule has 4 nitrogen and oxygen atoms in total. The fourth-order valence-electron chi connectivity index (χ4n) is 3.89. The van der Waals surface area contributed by atoms with Gasteiger partial charge in [-0.1, -0.05) is 129 Å². The first kappa shape index (κ1) is 28.9. The Labute approximate surface area is 182 Å². The quantitative estimate of drug-likeness (QED) is 0.129. The number of aliphatic hydroxyl groups is 1. The zero-order chi connectivity index (χ0) is 21.6. The monoisotopic (exact) mass is 434 g/mol. The average Bonchev–Trinajstić information content (AvgIpc) is 2.67. The maximum Gasteiger partial charge on any atom is 0.264 e. The summed E-state index contributed by atoms with van der Waals surface area (Å²) in [5, 5.41) is 9.68. The Kier molecular flexibility index (Phi) is 21.0. The average molecular weight is 435 g/mol. The van der Waals surface area contributed by atoms with E-state index < -0.39 is 16.2 Å². The largest absolute Gasteiger partial charge is 0.393 e. The van der Waals surface area contributed by atoms with Gasteiger partial charge in [-0.25, -0.2) is 0 Å². The second-order valence-electron chi connectivity index (χ2n) is 8.88. The Morgan fingerprint density at radius 2 is 0.862 bits per heavy atom. The van der Waals surface area contributed by atoms with Crippen LogP contribution in [-0.4, -0.2) is 29.9 Å². The van der Waals surface area contributed by atoms with Crippen LogP contribution in [0.4, 0.5) is 0 Å². The molecule has 5 heteroatoms. The lowest BCUT2D eigenvalue weighted by Crippen LogP contribution is -2.14. The molecule has 176 valence electrons. The van der Waals surface area contributed by atoms with Crippen LogP contribution in [0.15, 0.2) is 0 Å². The van der Waals surface area contributed by atoms with E-state index in [1.807, 2.05) is 0 Å². The van der Waals surface area contributed by atoms with Gasteiger partial charge in [-0.2, -0.15) is 8.42 Å². The fourth-order valence-corrected chi connectivity index (χ4v) is 4.46. The fraction of sp³-hybridized carbons (Fsp3) is 1.00. The van der Waals surface area contributed by atoms with Gasteiger partial charge in [-0.05, 0) is 12.8 Å². The van der Waals surface area contributed by atoms with Crippen molar-refractivity contribution in [2.45, 2.75) is 148 Å². The minimum Gasteiger partial charge on any atom is -0.393 e. The molecule has 0 saturated heterocycles. The van der Waals surface area contributed by atoms with Crippen molar-refractivity contribution in [2.24, 2.45) is 0 Å². The Balaban J connectivity index is 3.13. The van der Waals surface area contributed by atoms with Gasteiger partial charge in [0.05, 0.1) is 11.9 Å². The lowest BCUT2D eigenvalue weighted by Gasteiger charge is -2.09. The van der Waals surface area contributed by atoms with Crippen molar-refractivity contribution in [3.8, 4) is 0 Å². The zero-order valence-corrected chi connectivity index (χ0v) is 20.1. The maximum absolute atomic E-state index is 10.6. The molecule has 0 rings (SSSR count). The van der Waals surface area contributed by atoms with E-state index in [0.29, 0.717) is 6.42 Å². The van der Waals surface area contributed by atoms with Gasteiger partial charge in [0.1, 0.15) is 0 Å². The van der Waals surface area contributed by atoms with Crippen LogP contribution in [-0.2, 0) is 10.1 Å². The van der Waals surface area contributed by atoms with Gasteiger partial charge in [-0.3, -0.25) is 4.55 Å².